The molecule has 1 atom stereocenters. The summed E-state index contributed by atoms with van der Waals surface area (Å²) in [7, 11) is 0. The van der Waals surface area contributed by atoms with Gasteiger partial charge in [0.2, 0.25) is 0 Å². The zero-order valence-electron chi connectivity index (χ0n) is 13.1. The highest BCUT2D eigenvalue weighted by atomic mass is 16.2. The van der Waals surface area contributed by atoms with Gasteiger partial charge < -0.3 is 15.2 Å². The first-order valence-electron chi connectivity index (χ1n) is 7.75. The molecular formula is C16H25N3O2. The van der Waals surface area contributed by atoms with Crippen LogP contribution in [0.4, 0.5) is 0 Å². The second kappa shape index (κ2) is 6.89. The number of aromatic amines is 1. The van der Waals surface area contributed by atoms with Gasteiger partial charge in [0.25, 0.3) is 11.5 Å². The molecule has 0 radical (unpaired) electrons. The normalized spacial score (nSPS) is 19.1. The van der Waals surface area contributed by atoms with Crippen molar-refractivity contribution in [1.82, 2.24) is 15.2 Å². The van der Waals surface area contributed by atoms with Crippen LogP contribution in [0.15, 0.2) is 16.9 Å². The quantitative estimate of drug-likeness (QED) is 0.865. The minimum absolute atomic E-state index is 0.199. The second-order valence-electron chi connectivity index (χ2n) is 6.07. The minimum atomic E-state index is -0.305. The predicted octanol–water partition coefficient (Wildman–Crippen LogP) is 1.57. The molecule has 116 valence electrons. The summed E-state index contributed by atoms with van der Waals surface area (Å²) in [5.74, 6) is 0.456. The molecule has 2 heterocycles. The topological polar surface area (TPSA) is 65.2 Å². The molecule has 2 rings (SSSR count). The Morgan fingerprint density at radius 1 is 1.48 bits per heavy atom. The van der Waals surface area contributed by atoms with Crippen molar-refractivity contribution in [2.75, 3.05) is 26.2 Å². The van der Waals surface area contributed by atoms with Gasteiger partial charge >= 0.3 is 0 Å². The Hall–Kier alpha value is -1.62. The van der Waals surface area contributed by atoms with Gasteiger partial charge in [-0.1, -0.05) is 20.8 Å². The van der Waals surface area contributed by atoms with Gasteiger partial charge in [-0.3, -0.25) is 9.59 Å². The molecule has 5 nitrogen and oxygen atoms in total. The van der Waals surface area contributed by atoms with Gasteiger partial charge in [0.1, 0.15) is 5.56 Å². The number of carbonyl (C=O) groups is 1. The lowest BCUT2D eigenvalue weighted by Gasteiger charge is -2.13. The van der Waals surface area contributed by atoms with Gasteiger partial charge in [-0.05, 0) is 43.5 Å². The number of carbonyl (C=O) groups excluding carboxylic acids is 1. The second-order valence-corrected chi connectivity index (χ2v) is 6.07. The van der Waals surface area contributed by atoms with E-state index in [1.54, 1.807) is 6.07 Å². The molecule has 1 saturated heterocycles. The van der Waals surface area contributed by atoms with E-state index in [0.717, 1.165) is 31.7 Å². The number of pyridine rings is 1. The zero-order chi connectivity index (χ0) is 15.4. The zero-order valence-corrected chi connectivity index (χ0v) is 13.1. The Morgan fingerprint density at radius 3 is 2.81 bits per heavy atom. The van der Waals surface area contributed by atoms with Crippen LogP contribution in [0.1, 0.15) is 49.2 Å². The van der Waals surface area contributed by atoms with Crippen molar-refractivity contribution in [3.63, 3.8) is 0 Å². The van der Waals surface area contributed by atoms with Crippen molar-refractivity contribution >= 4 is 5.91 Å². The maximum Gasteiger partial charge on any atom is 0.261 e. The van der Waals surface area contributed by atoms with Crippen LogP contribution in [0.25, 0.3) is 0 Å². The Labute approximate surface area is 125 Å². The molecule has 21 heavy (non-hydrogen) atoms. The lowest BCUT2D eigenvalue weighted by atomic mass is 10.1. The van der Waals surface area contributed by atoms with Crippen LogP contribution in [0.2, 0.25) is 0 Å². The lowest BCUT2D eigenvalue weighted by molar-refractivity contribution is 0.0946. The third kappa shape index (κ3) is 3.94. The largest absolute Gasteiger partial charge is 0.352 e. The first-order chi connectivity index (χ1) is 10.0. The van der Waals surface area contributed by atoms with Crippen LogP contribution in [-0.2, 0) is 0 Å². The van der Waals surface area contributed by atoms with Crippen molar-refractivity contribution in [2.45, 2.75) is 33.1 Å². The van der Waals surface area contributed by atoms with Crippen LogP contribution in [0.5, 0.6) is 0 Å². The SMILES string of the molecule is CCN1CCC(CNC(=O)c2ccc(C(C)C)[nH]c2=O)C1. The minimum Gasteiger partial charge on any atom is -0.352 e. The molecule has 1 aliphatic heterocycles. The fourth-order valence-corrected chi connectivity index (χ4v) is 2.70. The van der Waals surface area contributed by atoms with Crippen LogP contribution in [0.3, 0.4) is 0 Å². The summed E-state index contributed by atoms with van der Waals surface area (Å²) in [5, 5.41) is 2.89. The molecule has 1 aromatic heterocycles. The standard InChI is InChI=1S/C16H25N3O2/c1-4-19-8-7-12(10-19)9-17-15(20)13-5-6-14(11(2)3)18-16(13)21/h5-6,11-12H,4,7-10H2,1-3H3,(H,17,20)(H,18,21). The van der Waals surface area contributed by atoms with E-state index < -0.39 is 0 Å². The Kier molecular flexibility index (Phi) is 5.17. The Bertz CT molecular complexity index is 551. The van der Waals surface area contributed by atoms with E-state index in [1.165, 1.54) is 0 Å². The van der Waals surface area contributed by atoms with Gasteiger partial charge in [0, 0.05) is 18.8 Å². The van der Waals surface area contributed by atoms with E-state index in [2.05, 4.69) is 22.1 Å². The summed E-state index contributed by atoms with van der Waals surface area (Å²) in [6.45, 7) is 9.98. The molecule has 1 unspecified atom stereocenters. The number of nitrogens with zero attached hydrogens (tertiary/aromatic N) is 1. The summed E-state index contributed by atoms with van der Waals surface area (Å²) >= 11 is 0. The third-order valence-corrected chi connectivity index (χ3v) is 4.17. The van der Waals surface area contributed by atoms with Crippen molar-refractivity contribution in [3.05, 3.63) is 33.7 Å². The highest BCUT2D eigenvalue weighted by molar-refractivity contribution is 5.93. The third-order valence-electron chi connectivity index (χ3n) is 4.17. The van der Waals surface area contributed by atoms with Crippen molar-refractivity contribution in [1.29, 1.82) is 0 Å². The fraction of sp³-hybridized carbons (Fsp3) is 0.625. The number of nitrogens with one attached hydrogen (secondary N) is 2. The number of H-pyrrole nitrogens is 1. The van der Waals surface area contributed by atoms with Crippen molar-refractivity contribution in [2.24, 2.45) is 5.92 Å². The van der Waals surface area contributed by atoms with E-state index in [9.17, 15) is 9.59 Å². The first kappa shape index (κ1) is 15.8. The van der Waals surface area contributed by atoms with Crippen LogP contribution in [0, 0.1) is 5.92 Å². The summed E-state index contributed by atoms with van der Waals surface area (Å²) in [5.41, 5.74) is 0.746. The molecule has 0 aromatic carbocycles. The van der Waals surface area contributed by atoms with Crippen molar-refractivity contribution < 1.29 is 4.79 Å². The molecule has 0 spiro atoms. The predicted molar refractivity (Wildman–Crippen MR) is 83.7 cm³/mol. The molecule has 1 fully saturated rings. The monoisotopic (exact) mass is 291 g/mol. The summed E-state index contributed by atoms with van der Waals surface area (Å²) < 4.78 is 0. The molecule has 5 heteroatoms. The van der Waals surface area contributed by atoms with Gasteiger partial charge in [0.15, 0.2) is 0 Å². The van der Waals surface area contributed by atoms with Gasteiger partial charge in [-0.15, -0.1) is 0 Å². The summed E-state index contributed by atoms with van der Waals surface area (Å²) in [6, 6.07) is 3.44. The molecule has 0 saturated carbocycles. The number of likely N-dealkylation sites (tertiary alicyclic amines) is 1. The highest BCUT2D eigenvalue weighted by Gasteiger charge is 2.22. The molecule has 0 bridgehead atoms. The lowest BCUT2D eigenvalue weighted by Crippen LogP contribution is -2.34. The number of rotatable bonds is 5. The van der Waals surface area contributed by atoms with Gasteiger partial charge in [-0.25, -0.2) is 0 Å². The molecule has 2 N–H and O–H groups in total. The smallest absolute Gasteiger partial charge is 0.261 e. The molecule has 1 amide bonds. The molecule has 0 aliphatic carbocycles. The maximum absolute atomic E-state index is 12.1. The van der Waals surface area contributed by atoms with Crippen LogP contribution in [-0.4, -0.2) is 42.0 Å². The van der Waals surface area contributed by atoms with E-state index in [0.29, 0.717) is 12.5 Å². The maximum atomic E-state index is 12.1. The van der Waals surface area contributed by atoms with E-state index in [1.807, 2.05) is 19.9 Å². The Balaban J connectivity index is 1.93. The first-order valence-corrected chi connectivity index (χ1v) is 7.75. The average molecular weight is 291 g/mol. The Morgan fingerprint density at radius 2 is 2.24 bits per heavy atom. The van der Waals surface area contributed by atoms with E-state index >= 15 is 0 Å². The summed E-state index contributed by atoms with van der Waals surface area (Å²) in [4.78, 5) is 29.2. The van der Waals surface area contributed by atoms with Gasteiger partial charge in [0.05, 0.1) is 0 Å². The molecule has 1 aromatic rings. The molecular weight excluding hydrogens is 266 g/mol. The van der Waals surface area contributed by atoms with Gasteiger partial charge in [-0.2, -0.15) is 0 Å². The number of hydrogen-bond donors (Lipinski definition) is 2. The number of hydrogen-bond acceptors (Lipinski definition) is 3. The number of aromatic nitrogens is 1. The highest BCUT2D eigenvalue weighted by Crippen LogP contribution is 2.14. The van der Waals surface area contributed by atoms with E-state index in [-0.39, 0.29) is 22.9 Å². The summed E-state index contributed by atoms with van der Waals surface area (Å²) in [6.07, 6.45) is 1.11. The fourth-order valence-electron chi connectivity index (χ4n) is 2.70. The van der Waals surface area contributed by atoms with E-state index in [4.69, 9.17) is 0 Å². The van der Waals surface area contributed by atoms with Crippen LogP contribution >= 0.6 is 0 Å². The van der Waals surface area contributed by atoms with Crippen LogP contribution < -0.4 is 10.9 Å². The van der Waals surface area contributed by atoms with Crippen molar-refractivity contribution in [3.8, 4) is 0 Å². The average Bonchev–Trinajstić information content (AvgIpc) is 2.92. The number of amides is 1. The molecule has 1 aliphatic rings.